The predicted octanol–water partition coefficient (Wildman–Crippen LogP) is 1.71. The smallest absolute Gasteiger partial charge is 0.303 e. The maximum Gasteiger partial charge on any atom is 0.303 e. The number of hydrogen-bond donors (Lipinski definition) is 0. The van der Waals surface area contributed by atoms with Crippen LogP contribution in [-0.2, 0) is 33.3 Å². The molecule has 0 spiro atoms. The Morgan fingerprint density at radius 1 is 0.962 bits per heavy atom. The summed E-state index contributed by atoms with van der Waals surface area (Å²) in [5, 5.41) is 0.648. The van der Waals surface area contributed by atoms with Crippen molar-refractivity contribution in [2.45, 2.75) is 62.6 Å². The number of carbonyl (C=O) groups excluding carboxylic acids is 3. The van der Waals surface area contributed by atoms with E-state index in [0.717, 1.165) is 0 Å². The zero-order valence-electron chi connectivity index (χ0n) is 14.9. The van der Waals surface area contributed by atoms with Crippen molar-refractivity contribution in [3.63, 3.8) is 0 Å². The van der Waals surface area contributed by atoms with Gasteiger partial charge >= 0.3 is 17.9 Å². The second-order valence-corrected chi connectivity index (χ2v) is 6.84. The zero-order chi connectivity index (χ0) is 19.3. The zero-order valence-corrected chi connectivity index (χ0v) is 15.7. The molecule has 0 N–H and O–H groups in total. The van der Waals surface area contributed by atoms with Gasteiger partial charge in [-0.15, -0.1) is 0 Å². The van der Waals surface area contributed by atoms with Gasteiger partial charge in [0.1, 0.15) is 5.44 Å². The molecule has 0 amide bonds. The molecule has 1 aliphatic rings. The van der Waals surface area contributed by atoms with Crippen LogP contribution in [0.15, 0.2) is 29.4 Å². The number of carbonyl (C=O) groups is 3. The van der Waals surface area contributed by atoms with Gasteiger partial charge in [0.15, 0.2) is 18.3 Å². The second kappa shape index (κ2) is 9.00. The van der Waals surface area contributed by atoms with E-state index in [2.05, 4.69) is 4.98 Å². The second-order valence-electron chi connectivity index (χ2n) is 5.72. The number of pyridine rings is 1. The molecular formula is C17H21NO7S. The van der Waals surface area contributed by atoms with Crippen molar-refractivity contribution in [1.82, 2.24) is 4.98 Å². The highest BCUT2D eigenvalue weighted by Crippen LogP contribution is 2.36. The van der Waals surface area contributed by atoms with Crippen LogP contribution in [0, 0.1) is 0 Å². The van der Waals surface area contributed by atoms with Gasteiger partial charge in [0.25, 0.3) is 0 Å². The number of esters is 3. The van der Waals surface area contributed by atoms with Gasteiger partial charge in [-0.25, -0.2) is 4.98 Å². The fourth-order valence-corrected chi connectivity index (χ4v) is 3.69. The van der Waals surface area contributed by atoms with E-state index in [4.69, 9.17) is 18.9 Å². The molecule has 9 heteroatoms. The monoisotopic (exact) mass is 383 g/mol. The molecule has 1 fully saturated rings. The first-order valence-electron chi connectivity index (χ1n) is 8.02. The number of ether oxygens (including phenoxy) is 4. The fourth-order valence-electron chi connectivity index (χ4n) is 2.60. The van der Waals surface area contributed by atoms with Crippen molar-refractivity contribution in [3.8, 4) is 0 Å². The number of aromatic nitrogens is 1. The van der Waals surface area contributed by atoms with Crippen molar-refractivity contribution in [2.24, 2.45) is 0 Å². The molecule has 0 radical (unpaired) electrons. The molecule has 2 rings (SSSR count). The predicted molar refractivity (Wildman–Crippen MR) is 91.1 cm³/mol. The minimum absolute atomic E-state index is 0.556. The average Bonchev–Trinajstić information content (AvgIpc) is 2.54. The maximum atomic E-state index is 11.6. The van der Waals surface area contributed by atoms with E-state index in [1.807, 2.05) is 6.07 Å². The highest BCUT2D eigenvalue weighted by Gasteiger charge is 2.50. The van der Waals surface area contributed by atoms with Gasteiger partial charge in [0, 0.05) is 27.0 Å². The maximum absolute atomic E-state index is 11.6. The van der Waals surface area contributed by atoms with Gasteiger partial charge < -0.3 is 18.9 Å². The first-order valence-corrected chi connectivity index (χ1v) is 8.90. The van der Waals surface area contributed by atoms with Gasteiger partial charge in [-0.2, -0.15) is 0 Å². The Hall–Kier alpha value is -2.13. The van der Waals surface area contributed by atoms with Crippen LogP contribution in [0.2, 0.25) is 0 Å². The average molecular weight is 383 g/mol. The lowest BCUT2D eigenvalue weighted by Gasteiger charge is -2.43. The van der Waals surface area contributed by atoms with Crippen molar-refractivity contribution >= 4 is 29.7 Å². The Kier molecular flexibility index (Phi) is 6.98. The molecule has 8 nitrogen and oxygen atoms in total. The molecule has 0 aromatic carbocycles. The molecular weight excluding hydrogens is 362 g/mol. The van der Waals surface area contributed by atoms with Crippen LogP contribution in [0.1, 0.15) is 27.7 Å². The van der Waals surface area contributed by atoms with Crippen LogP contribution in [-0.4, -0.2) is 52.7 Å². The van der Waals surface area contributed by atoms with Crippen LogP contribution in [0.4, 0.5) is 0 Å². The highest BCUT2D eigenvalue weighted by atomic mass is 32.2. The van der Waals surface area contributed by atoms with E-state index in [1.165, 1.54) is 32.5 Å². The standard InChI is InChI=1S/C17H21NO7S/c1-9-14(23-10(2)19)15(24-11(3)20)16(25-12(4)21)17(22-9)26-13-7-5-6-8-18-13/h5-9,14-17H,1-4H3/t9-,14+,15-,16-,17-/m0/s1. The van der Waals surface area contributed by atoms with Gasteiger partial charge in [0.2, 0.25) is 0 Å². The van der Waals surface area contributed by atoms with Crippen molar-refractivity contribution in [2.75, 3.05) is 0 Å². The third-order valence-corrected chi connectivity index (χ3v) is 4.60. The minimum atomic E-state index is -0.995. The molecule has 26 heavy (non-hydrogen) atoms. The van der Waals surface area contributed by atoms with Crippen LogP contribution >= 0.6 is 11.8 Å². The lowest BCUT2D eigenvalue weighted by molar-refractivity contribution is -0.229. The first-order chi connectivity index (χ1) is 12.3. The largest absolute Gasteiger partial charge is 0.456 e. The summed E-state index contributed by atoms with van der Waals surface area (Å²) >= 11 is 1.23. The van der Waals surface area contributed by atoms with Gasteiger partial charge in [0.05, 0.1) is 11.1 Å². The van der Waals surface area contributed by atoms with E-state index in [1.54, 1.807) is 25.3 Å². The van der Waals surface area contributed by atoms with E-state index < -0.39 is 47.8 Å². The molecule has 2 heterocycles. The molecule has 142 valence electrons. The molecule has 1 aromatic heterocycles. The van der Waals surface area contributed by atoms with Crippen molar-refractivity contribution in [3.05, 3.63) is 24.4 Å². The van der Waals surface area contributed by atoms with Crippen LogP contribution < -0.4 is 0 Å². The Bertz CT molecular complexity index is 654. The third kappa shape index (κ3) is 5.43. The molecule has 0 saturated carbocycles. The number of rotatable bonds is 5. The fraction of sp³-hybridized carbons (Fsp3) is 0.529. The SMILES string of the molecule is CC(=O)O[C@H]1[C@H](OC(C)=O)[C@H](C)O[C@@H](Sc2ccccn2)[C@H]1OC(C)=O. The summed E-state index contributed by atoms with van der Waals surface area (Å²) in [5.74, 6) is -1.71. The van der Waals surface area contributed by atoms with Crippen molar-refractivity contribution < 1.29 is 33.3 Å². The van der Waals surface area contributed by atoms with Crippen molar-refractivity contribution in [1.29, 1.82) is 0 Å². The van der Waals surface area contributed by atoms with E-state index in [-0.39, 0.29) is 0 Å². The summed E-state index contributed by atoms with van der Waals surface area (Å²) in [7, 11) is 0. The van der Waals surface area contributed by atoms with E-state index in [0.29, 0.717) is 5.03 Å². The summed E-state index contributed by atoms with van der Waals surface area (Å²) in [6.45, 7) is 5.41. The normalized spacial score (nSPS) is 28.1. The summed E-state index contributed by atoms with van der Waals surface area (Å²) in [6.07, 6.45) is -1.83. The molecule has 0 unspecified atom stereocenters. The van der Waals surface area contributed by atoms with Gasteiger partial charge in [-0.1, -0.05) is 17.8 Å². The number of thioether (sulfide) groups is 1. The van der Waals surface area contributed by atoms with E-state index >= 15 is 0 Å². The third-order valence-electron chi connectivity index (χ3n) is 3.51. The number of nitrogens with zero attached hydrogens (tertiary/aromatic N) is 1. The van der Waals surface area contributed by atoms with Gasteiger partial charge in [-0.3, -0.25) is 14.4 Å². The Morgan fingerprint density at radius 3 is 2.08 bits per heavy atom. The van der Waals surface area contributed by atoms with E-state index in [9.17, 15) is 14.4 Å². The molecule has 0 bridgehead atoms. The first kappa shape index (κ1) is 20.2. The highest BCUT2D eigenvalue weighted by molar-refractivity contribution is 7.99. The lowest BCUT2D eigenvalue weighted by atomic mass is 10.00. The Morgan fingerprint density at radius 2 is 1.54 bits per heavy atom. The lowest BCUT2D eigenvalue weighted by Crippen LogP contribution is -2.59. The summed E-state index contributed by atoms with van der Waals surface area (Å²) in [6, 6.07) is 5.37. The van der Waals surface area contributed by atoms with Crippen LogP contribution in [0.5, 0.6) is 0 Å². The topological polar surface area (TPSA) is 101 Å². The Balaban J connectivity index is 2.33. The number of hydrogen-bond acceptors (Lipinski definition) is 9. The minimum Gasteiger partial charge on any atom is -0.456 e. The summed E-state index contributed by atoms with van der Waals surface area (Å²) < 4.78 is 21.9. The summed E-state index contributed by atoms with van der Waals surface area (Å²) in [5.41, 5.74) is -0.694. The molecule has 5 atom stereocenters. The molecule has 1 aliphatic heterocycles. The Labute approximate surface area is 155 Å². The molecule has 1 aromatic rings. The van der Waals surface area contributed by atoms with Gasteiger partial charge in [-0.05, 0) is 19.1 Å². The molecule has 0 aliphatic carbocycles. The van der Waals surface area contributed by atoms with Crippen LogP contribution in [0.25, 0.3) is 0 Å². The molecule has 1 saturated heterocycles. The summed E-state index contributed by atoms with van der Waals surface area (Å²) in [4.78, 5) is 38.8. The van der Waals surface area contributed by atoms with Crippen LogP contribution in [0.3, 0.4) is 0 Å². The quantitative estimate of drug-likeness (QED) is 0.555.